The first-order valence-corrected chi connectivity index (χ1v) is 4.91. The van der Waals surface area contributed by atoms with Crippen molar-refractivity contribution in [2.24, 2.45) is 0 Å². The molecule has 0 unspecified atom stereocenters. The van der Waals surface area contributed by atoms with Crippen molar-refractivity contribution in [2.45, 2.75) is 18.3 Å². The predicted octanol–water partition coefficient (Wildman–Crippen LogP) is -1.13. The number of hydrogen-bond donors (Lipinski definition) is 2. The third kappa shape index (κ3) is 1.88. The van der Waals surface area contributed by atoms with E-state index in [0.717, 1.165) is 5.57 Å². The van der Waals surface area contributed by atoms with Crippen molar-refractivity contribution in [1.29, 1.82) is 0 Å². The zero-order valence-electron chi connectivity index (χ0n) is 8.06. The summed E-state index contributed by atoms with van der Waals surface area (Å²) >= 11 is 0. The molecule has 0 amide bonds. The molecule has 0 spiro atoms. The van der Waals surface area contributed by atoms with Gasteiger partial charge in [-0.1, -0.05) is 12.2 Å². The van der Waals surface area contributed by atoms with Gasteiger partial charge >= 0.3 is 0 Å². The molecule has 2 aliphatic rings. The summed E-state index contributed by atoms with van der Waals surface area (Å²) < 4.78 is 11.0. The molecule has 1 saturated heterocycles. The second-order valence-electron chi connectivity index (χ2n) is 3.50. The minimum Gasteiger partial charge on any atom is -0.383 e. The quantitative estimate of drug-likeness (QED) is 0.590. The fourth-order valence-electron chi connectivity index (χ4n) is 1.71. The molecule has 3 atom stereocenters. The minimum absolute atomic E-state index is 0.0181. The van der Waals surface area contributed by atoms with E-state index in [-0.39, 0.29) is 12.2 Å². The van der Waals surface area contributed by atoms with Crippen molar-refractivity contribution in [3.05, 3.63) is 23.8 Å². The molecule has 14 heavy (non-hydrogen) atoms. The molecule has 78 valence electrons. The molecular weight excluding hydrogens is 182 g/mol. The maximum Gasteiger partial charge on any atom is 0.127 e. The highest BCUT2D eigenvalue weighted by Gasteiger charge is 2.27. The summed E-state index contributed by atoms with van der Waals surface area (Å²) in [6.07, 6.45) is 5.26. The van der Waals surface area contributed by atoms with Gasteiger partial charge in [-0.15, -0.1) is 0 Å². The molecular formula is C10H16NO3+. The van der Waals surface area contributed by atoms with Crippen molar-refractivity contribution in [3.8, 4) is 0 Å². The van der Waals surface area contributed by atoms with Gasteiger partial charge in [0.15, 0.2) is 0 Å². The molecule has 0 radical (unpaired) electrons. The maximum absolute atomic E-state index is 9.59. The molecule has 0 bridgehead atoms. The van der Waals surface area contributed by atoms with Crippen LogP contribution in [0.15, 0.2) is 23.8 Å². The lowest BCUT2D eigenvalue weighted by atomic mass is 9.98. The van der Waals surface area contributed by atoms with E-state index in [0.29, 0.717) is 19.8 Å². The van der Waals surface area contributed by atoms with Crippen LogP contribution in [-0.4, -0.2) is 43.2 Å². The first-order chi connectivity index (χ1) is 6.81. The summed E-state index contributed by atoms with van der Waals surface area (Å²) in [6, 6.07) is 0. The first kappa shape index (κ1) is 9.86. The molecule has 2 rings (SSSR count). The monoisotopic (exact) mass is 198 g/mol. The van der Waals surface area contributed by atoms with E-state index in [2.05, 4.69) is 5.73 Å². The molecule has 1 heterocycles. The summed E-state index contributed by atoms with van der Waals surface area (Å²) in [5.74, 6) is 0. The number of quaternary nitrogens is 1. The van der Waals surface area contributed by atoms with Crippen LogP contribution in [-0.2, 0) is 9.47 Å². The van der Waals surface area contributed by atoms with Crippen LogP contribution in [0.1, 0.15) is 0 Å². The second kappa shape index (κ2) is 4.23. The van der Waals surface area contributed by atoms with Gasteiger partial charge in [0, 0.05) is 0 Å². The number of ether oxygens (including phenoxy) is 2. The van der Waals surface area contributed by atoms with Gasteiger partial charge in [-0.25, -0.2) is 0 Å². The van der Waals surface area contributed by atoms with Gasteiger partial charge in [-0.2, -0.15) is 0 Å². The van der Waals surface area contributed by atoms with Crippen molar-refractivity contribution >= 4 is 0 Å². The Hall–Kier alpha value is -0.680. The molecule has 1 fully saturated rings. The van der Waals surface area contributed by atoms with Crippen LogP contribution in [0.5, 0.6) is 0 Å². The highest BCUT2D eigenvalue weighted by atomic mass is 16.6. The number of aliphatic hydroxyl groups excluding tert-OH is 1. The van der Waals surface area contributed by atoms with Crippen molar-refractivity contribution in [3.63, 3.8) is 0 Å². The Bertz CT molecular complexity index is 262. The van der Waals surface area contributed by atoms with Gasteiger partial charge in [0.05, 0.1) is 13.2 Å². The number of fused-ring (bicyclic) bond motifs is 1. The lowest BCUT2D eigenvalue weighted by molar-refractivity contribution is -0.380. The maximum atomic E-state index is 9.59. The normalized spacial score (nSPS) is 33.4. The Morgan fingerprint density at radius 2 is 2.14 bits per heavy atom. The van der Waals surface area contributed by atoms with Gasteiger partial charge in [0.1, 0.15) is 24.9 Å². The molecule has 4 N–H and O–H groups in total. The van der Waals surface area contributed by atoms with E-state index in [4.69, 9.17) is 9.47 Å². The van der Waals surface area contributed by atoms with Crippen LogP contribution in [0.4, 0.5) is 0 Å². The fourth-order valence-corrected chi connectivity index (χ4v) is 1.71. The highest BCUT2D eigenvalue weighted by molar-refractivity contribution is 5.30. The number of aliphatic hydroxyl groups is 1. The van der Waals surface area contributed by atoms with E-state index < -0.39 is 6.10 Å². The zero-order valence-corrected chi connectivity index (χ0v) is 8.06. The molecule has 0 aromatic rings. The Morgan fingerprint density at radius 3 is 2.86 bits per heavy atom. The number of hydrogen-bond acceptors (Lipinski definition) is 3. The van der Waals surface area contributed by atoms with Crippen LogP contribution in [0, 0.1) is 0 Å². The van der Waals surface area contributed by atoms with Crippen molar-refractivity contribution < 1.29 is 20.3 Å². The average molecular weight is 198 g/mol. The van der Waals surface area contributed by atoms with Crippen LogP contribution >= 0.6 is 0 Å². The highest BCUT2D eigenvalue weighted by Crippen LogP contribution is 2.21. The molecule has 0 aromatic carbocycles. The van der Waals surface area contributed by atoms with Crippen molar-refractivity contribution in [1.82, 2.24) is 0 Å². The van der Waals surface area contributed by atoms with Gasteiger partial charge in [-0.05, 0) is 11.6 Å². The Morgan fingerprint density at radius 1 is 1.43 bits per heavy atom. The summed E-state index contributed by atoms with van der Waals surface area (Å²) in [5, 5.41) is 9.59. The summed E-state index contributed by atoms with van der Waals surface area (Å²) in [7, 11) is 0. The predicted molar refractivity (Wildman–Crippen MR) is 50.5 cm³/mol. The Kier molecular flexibility index (Phi) is 2.98. The molecule has 0 aromatic heterocycles. The average Bonchev–Trinajstić information content (AvgIpc) is 2.27. The molecule has 1 aliphatic carbocycles. The van der Waals surface area contributed by atoms with Gasteiger partial charge in [-0.3, -0.25) is 0 Å². The molecule has 4 nitrogen and oxygen atoms in total. The summed E-state index contributed by atoms with van der Waals surface area (Å²) in [6.45, 7) is 1.75. The zero-order chi connectivity index (χ0) is 9.97. The molecule has 0 saturated carbocycles. The first-order valence-electron chi connectivity index (χ1n) is 4.91. The van der Waals surface area contributed by atoms with E-state index in [1.165, 1.54) is 0 Å². The fraction of sp³-hybridized carbons (Fsp3) is 0.600. The summed E-state index contributed by atoms with van der Waals surface area (Å²) in [5.41, 5.74) is 4.55. The molecule has 1 aliphatic heterocycles. The van der Waals surface area contributed by atoms with Crippen LogP contribution in [0.25, 0.3) is 0 Å². The van der Waals surface area contributed by atoms with Gasteiger partial charge in [0.25, 0.3) is 0 Å². The molecule has 4 heteroatoms. The van der Waals surface area contributed by atoms with Gasteiger partial charge < -0.3 is 20.3 Å². The van der Waals surface area contributed by atoms with E-state index in [1.54, 1.807) is 0 Å². The third-order valence-electron chi connectivity index (χ3n) is 2.52. The topological polar surface area (TPSA) is 66.3 Å². The van der Waals surface area contributed by atoms with E-state index in [9.17, 15) is 5.11 Å². The smallest absolute Gasteiger partial charge is 0.127 e. The van der Waals surface area contributed by atoms with Crippen LogP contribution in [0.3, 0.4) is 0 Å². The van der Waals surface area contributed by atoms with Crippen LogP contribution < -0.4 is 5.73 Å². The number of rotatable bonds is 2. The van der Waals surface area contributed by atoms with Gasteiger partial charge in [0.2, 0.25) is 0 Å². The SMILES string of the molecule is [NH3+]C[C@@H](O)C1=C[C@@H]2OCCO[C@H]2C=C1. The standard InChI is InChI=1S/C10H15NO3/c11-6-8(12)7-1-2-9-10(5-7)14-4-3-13-9/h1-2,5,8-10,12H,3-4,6,11H2/p+1/t8-,9+,10+/m1/s1. The second-order valence-corrected chi connectivity index (χ2v) is 3.50. The summed E-state index contributed by atoms with van der Waals surface area (Å²) in [4.78, 5) is 0. The van der Waals surface area contributed by atoms with E-state index in [1.807, 2.05) is 18.2 Å². The largest absolute Gasteiger partial charge is 0.383 e. The third-order valence-corrected chi connectivity index (χ3v) is 2.52. The lowest BCUT2D eigenvalue weighted by Crippen LogP contribution is -2.56. The van der Waals surface area contributed by atoms with Crippen LogP contribution in [0.2, 0.25) is 0 Å². The Balaban J connectivity index is 2.08. The van der Waals surface area contributed by atoms with E-state index >= 15 is 0 Å². The Labute approximate surface area is 83.0 Å². The lowest BCUT2D eigenvalue weighted by Gasteiger charge is -2.31. The van der Waals surface area contributed by atoms with Crippen molar-refractivity contribution in [2.75, 3.05) is 19.8 Å². The minimum atomic E-state index is -0.488.